The molecule has 0 aliphatic rings. The van der Waals surface area contributed by atoms with Crippen LogP contribution >= 0.6 is 0 Å². The molecule has 0 bridgehead atoms. The lowest BCUT2D eigenvalue weighted by atomic mass is 10.1. The fourth-order valence-electron chi connectivity index (χ4n) is 0.915. The van der Waals surface area contributed by atoms with E-state index in [9.17, 15) is 0 Å². The number of aliphatic hydroxyl groups is 1. The van der Waals surface area contributed by atoms with E-state index >= 15 is 0 Å². The van der Waals surface area contributed by atoms with Crippen molar-refractivity contribution in [1.82, 2.24) is 4.98 Å². The summed E-state index contributed by atoms with van der Waals surface area (Å²) in [4.78, 5) is 3.91. The molecule has 1 atom stereocenters. The molecule has 66 valence electrons. The molecule has 0 fully saturated rings. The van der Waals surface area contributed by atoms with Gasteiger partial charge in [-0.15, -0.1) is 0 Å². The molecule has 12 heavy (non-hydrogen) atoms. The molecule has 0 aliphatic carbocycles. The van der Waals surface area contributed by atoms with Crippen LogP contribution < -0.4 is 11.5 Å². The van der Waals surface area contributed by atoms with Crippen LogP contribution in [0.15, 0.2) is 12.3 Å². The van der Waals surface area contributed by atoms with Crippen molar-refractivity contribution in [3.05, 3.63) is 23.4 Å². The highest BCUT2D eigenvalue weighted by atomic mass is 16.3. The predicted octanol–water partition coefficient (Wildman–Crippen LogP) is 0.176. The lowest BCUT2D eigenvalue weighted by molar-refractivity contribution is 0.282. The molecule has 1 rings (SSSR count). The standard InChI is InChI=1S/C8H13N3O/c1-5(9)6-2-7(4-12)8(10)11-3-6/h2-3,5,12H,4,9H2,1H3,(H2,10,11). The molecule has 4 heteroatoms. The molecule has 1 aromatic rings. The summed E-state index contributed by atoms with van der Waals surface area (Å²) in [6.45, 7) is 1.76. The smallest absolute Gasteiger partial charge is 0.128 e. The summed E-state index contributed by atoms with van der Waals surface area (Å²) < 4.78 is 0. The van der Waals surface area contributed by atoms with Gasteiger partial charge in [0.1, 0.15) is 5.82 Å². The Morgan fingerprint density at radius 2 is 2.33 bits per heavy atom. The molecule has 0 amide bonds. The first-order chi connectivity index (χ1) is 5.65. The largest absolute Gasteiger partial charge is 0.392 e. The zero-order valence-electron chi connectivity index (χ0n) is 6.99. The van der Waals surface area contributed by atoms with Gasteiger partial charge in [0.15, 0.2) is 0 Å². The summed E-state index contributed by atoms with van der Waals surface area (Å²) in [7, 11) is 0. The third-order valence-electron chi connectivity index (χ3n) is 1.72. The normalized spacial score (nSPS) is 12.9. The van der Waals surface area contributed by atoms with Gasteiger partial charge in [-0.05, 0) is 18.6 Å². The van der Waals surface area contributed by atoms with Crippen LogP contribution in [-0.2, 0) is 6.61 Å². The molecular formula is C8H13N3O. The molecular weight excluding hydrogens is 154 g/mol. The van der Waals surface area contributed by atoms with Crippen LogP contribution in [0.25, 0.3) is 0 Å². The Bertz CT molecular complexity index is 273. The van der Waals surface area contributed by atoms with Crippen molar-refractivity contribution in [3.63, 3.8) is 0 Å². The first-order valence-corrected chi connectivity index (χ1v) is 3.76. The molecule has 1 heterocycles. The SMILES string of the molecule is CC(N)c1cnc(N)c(CO)c1. The number of pyridine rings is 1. The van der Waals surface area contributed by atoms with Gasteiger partial charge in [-0.1, -0.05) is 0 Å². The van der Waals surface area contributed by atoms with Crippen LogP contribution in [0.2, 0.25) is 0 Å². The van der Waals surface area contributed by atoms with E-state index in [1.54, 1.807) is 12.3 Å². The molecule has 0 saturated heterocycles. The highest BCUT2D eigenvalue weighted by Crippen LogP contribution is 2.14. The zero-order chi connectivity index (χ0) is 9.14. The lowest BCUT2D eigenvalue weighted by Crippen LogP contribution is -2.07. The zero-order valence-corrected chi connectivity index (χ0v) is 6.99. The van der Waals surface area contributed by atoms with E-state index in [-0.39, 0.29) is 12.6 Å². The number of rotatable bonds is 2. The van der Waals surface area contributed by atoms with Crippen molar-refractivity contribution in [3.8, 4) is 0 Å². The van der Waals surface area contributed by atoms with Crippen LogP contribution in [0, 0.1) is 0 Å². The number of anilines is 1. The summed E-state index contributed by atoms with van der Waals surface area (Å²) in [6, 6.07) is 1.69. The molecule has 0 aromatic carbocycles. The van der Waals surface area contributed by atoms with Crippen molar-refractivity contribution in [2.45, 2.75) is 19.6 Å². The Morgan fingerprint density at radius 1 is 1.67 bits per heavy atom. The second kappa shape index (κ2) is 3.51. The Hall–Kier alpha value is -1.13. The lowest BCUT2D eigenvalue weighted by Gasteiger charge is -2.07. The van der Waals surface area contributed by atoms with Crippen molar-refractivity contribution < 1.29 is 5.11 Å². The molecule has 0 spiro atoms. The Balaban J connectivity index is 3.05. The number of aromatic nitrogens is 1. The quantitative estimate of drug-likeness (QED) is 0.586. The highest BCUT2D eigenvalue weighted by Gasteiger charge is 2.03. The third kappa shape index (κ3) is 1.72. The molecule has 0 aliphatic heterocycles. The fourth-order valence-corrected chi connectivity index (χ4v) is 0.915. The molecule has 0 radical (unpaired) electrons. The maximum absolute atomic E-state index is 8.86. The summed E-state index contributed by atoms with van der Waals surface area (Å²) in [5.74, 6) is 0.363. The molecule has 0 saturated carbocycles. The molecule has 1 unspecified atom stereocenters. The van der Waals surface area contributed by atoms with E-state index in [0.29, 0.717) is 11.4 Å². The van der Waals surface area contributed by atoms with Gasteiger partial charge in [0, 0.05) is 17.8 Å². The number of hydrogen-bond donors (Lipinski definition) is 3. The average Bonchev–Trinajstić information content (AvgIpc) is 2.05. The van der Waals surface area contributed by atoms with E-state index in [0.717, 1.165) is 5.56 Å². The van der Waals surface area contributed by atoms with E-state index in [1.165, 1.54) is 0 Å². The van der Waals surface area contributed by atoms with Crippen LogP contribution in [0.5, 0.6) is 0 Å². The van der Waals surface area contributed by atoms with Crippen molar-refractivity contribution in [2.75, 3.05) is 5.73 Å². The monoisotopic (exact) mass is 167 g/mol. The van der Waals surface area contributed by atoms with Crippen molar-refractivity contribution in [1.29, 1.82) is 0 Å². The van der Waals surface area contributed by atoms with Crippen LogP contribution in [0.1, 0.15) is 24.1 Å². The molecule has 1 aromatic heterocycles. The molecule has 5 N–H and O–H groups in total. The summed E-state index contributed by atoms with van der Waals surface area (Å²) in [5, 5.41) is 8.86. The van der Waals surface area contributed by atoms with Crippen LogP contribution in [0.4, 0.5) is 5.82 Å². The van der Waals surface area contributed by atoms with Crippen molar-refractivity contribution >= 4 is 5.82 Å². The Morgan fingerprint density at radius 3 is 2.83 bits per heavy atom. The van der Waals surface area contributed by atoms with E-state index in [1.807, 2.05) is 6.92 Å². The summed E-state index contributed by atoms with van der Waals surface area (Å²) in [6.07, 6.45) is 1.62. The van der Waals surface area contributed by atoms with Gasteiger partial charge in [0.25, 0.3) is 0 Å². The summed E-state index contributed by atoms with van der Waals surface area (Å²) >= 11 is 0. The fraction of sp³-hybridized carbons (Fsp3) is 0.375. The predicted molar refractivity (Wildman–Crippen MR) is 47.2 cm³/mol. The first-order valence-electron chi connectivity index (χ1n) is 3.76. The second-order valence-electron chi connectivity index (χ2n) is 2.76. The van der Waals surface area contributed by atoms with Crippen LogP contribution in [-0.4, -0.2) is 10.1 Å². The Kier molecular flexibility index (Phi) is 2.62. The third-order valence-corrected chi connectivity index (χ3v) is 1.72. The van der Waals surface area contributed by atoms with Gasteiger partial charge in [0.2, 0.25) is 0 Å². The number of aliphatic hydroxyl groups excluding tert-OH is 1. The van der Waals surface area contributed by atoms with Gasteiger partial charge in [0.05, 0.1) is 6.61 Å². The van der Waals surface area contributed by atoms with Gasteiger partial charge >= 0.3 is 0 Å². The second-order valence-corrected chi connectivity index (χ2v) is 2.76. The number of nitrogen functional groups attached to an aromatic ring is 1. The minimum Gasteiger partial charge on any atom is -0.392 e. The summed E-state index contributed by atoms with van der Waals surface area (Å²) in [5.41, 5.74) is 12.6. The Labute approximate surface area is 71.2 Å². The maximum atomic E-state index is 8.86. The molecule has 4 nitrogen and oxygen atoms in total. The van der Waals surface area contributed by atoms with Gasteiger partial charge in [-0.2, -0.15) is 0 Å². The minimum absolute atomic E-state index is 0.0802. The van der Waals surface area contributed by atoms with Gasteiger partial charge in [-0.3, -0.25) is 0 Å². The van der Waals surface area contributed by atoms with Crippen molar-refractivity contribution in [2.24, 2.45) is 5.73 Å². The van der Waals surface area contributed by atoms with Gasteiger partial charge in [-0.25, -0.2) is 4.98 Å². The van der Waals surface area contributed by atoms with Gasteiger partial charge < -0.3 is 16.6 Å². The maximum Gasteiger partial charge on any atom is 0.128 e. The van der Waals surface area contributed by atoms with E-state index in [4.69, 9.17) is 16.6 Å². The first kappa shape index (κ1) is 8.96. The highest BCUT2D eigenvalue weighted by molar-refractivity contribution is 5.40. The topological polar surface area (TPSA) is 85.2 Å². The number of hydrogen-bond acceptors (Lipinski definition) is 4. The number of nitrogens with zero attached hydrogens (tertiary/aromatic N) is 1. The number of nitrogens with two attached hydrogens (primary N) is 2. The van der Waals surface area contributed by atoms with E-state index < -0.39 is 0 Å². The van der Waals surface area contributed by atoms with E-state index in [2.05, 4.69) is 4.98 Å². The average molecular weight is 167 g/mol. The minimum atomic E-state index is -0.0978. The van der Waals surface area contributed by atoms with Crippen LogP contribution in [0.3, 0.4) is 0 Å².